The van der Waals surface area contributed by atoms with E-state index in [1.54, 1.807) is 16.9 Å². The Balaban J connectivity index is 1.57. The summed E-state index contributed by atoms with van der Waals surface area (Å²) in [6.07, 6.45) is 6.17. The molecule has 0 bridgehead atoms. The van der Waals surface area contributed by atoms with E-state index in [-0.39, 0.29) is 34.7 Å². The lowest BCUT2D eigenvalue weighted by Gasteiger charge is -2.32. The molecule has 1 saturated heterocycles. The first-order valence-corrected chi connectivity index (χ1v) is 12.4. The van der Waals surface area contributed by atoms with Gasteiger partial charge in [0.1, 0.15) is 10.6 Å². The van der Waals surface area contributed by atoms with E-state index in [0.717, 1.165) is 30.5 Å². The van der Waals surface area contributed by atoms with Crippen LogP contribution >= 0.6 is 0 Å². The van der Waals surface area contributed by atoms with Gasteiger partial charge in [-0.3, -0.25) is 4.79 Å². The van der Waals surface area contributed by atoms with E-state index in [2.05, 4.69) is 10.4 Å². The van der Waals surface area contributed by atoms with Gasteiger partial charge in [-0.1, -0.05) is 24.6 Å². The number of hydrogen-bond acceptors (Lipinski definition) is 5. The molecule has 2 heterocycles. The number of nitrogens with one attached hydrogen (secondary N) is 1. The number of aromatic nitrogens is 2. The fourth-order valence-corrected chi connectivity index (χ4v) is 6.03. The molecule has 0 aliphatic carbocycles. The lowest BCUT2D eigenvalue weighted by atomic mass is 10.1. The van der Waals surface area contributed by atoms with Crippen molar-refractivity contribution in [2.45, 2.75) is 43.7 Å². The van der Waals surface area contributed by atoms with E-state index in [1.165, 1.54) is 23.5 Å². The maximum absolute atomic E-state index is 13.4. The van der Waals surface area contributed by atoms with Gasteiger partial charge in [-0.25, -0.2) is 13.1 Å². The first kappa shape index (κ1) is 23.0. The molecule has 1 unspecified atom stereocenters. The lowest BCUT2D eigenvalue weighted by molar-refractivity contribution is 0.0950. The number of nitrogens with zero attached hydrogens (tertiary/aromatic N) is 3. The van der Waals surface area contributed by atoms with Gasteiger partial charge in [0, 0.05) is 37.1 Å². The Labute approximate surface area is 194 Å². The summed E-state index contributed by atoms with van der Waals surface area (Å²) in [5, 5.41) is 7.15. The summed E-state index contributed by atoms with van der Waals surface area (Å²) in [4.78, 5) is 13.0. The number of para-hydroxylation sites is 1. The third-order valence-electron chi connectivity index (χ3n) is 5.94. The third kappa shape index (κ3) is 4.79. The Kier molecular flexibility index (Phi) is 6.80. The molecule has 2 aromatic carbocycles. The van der Waals surface area contributed by atoms with E-state index in [4.69, 9.17) is 4.74 Å². The summed E-state index contributed by atoms with van der Waals surface area (Å²) in [6, 6.07) is 13.9. The van der Waals surface area contributed by atoms with Crippen molar-refractivity contribution in [1.29, 1.82) is 0 Å². The molecule has 9 heteroatoms. The largest absolute Gasteiger partial charge is 0.495 e. The third-order valence-corrected chi connectivity index (χ3v) is 7.97. The molecule has 1 amide bonds. The molecule has 4 rings (SSSR count). The van der Waals surface area contributed by atoms with Crippen LogP contribution in [0.3, 0.4) is 0 Å². The second-order valence-electron chi connectivity index (χ2n) is 8.09. The van der Waals surface area contributed by atoms with E-state index < -0.39 is 10.0 Å². The molecule has 1 fully saturated rings. The van der Waals surface area contributed by atoms with E-state index in [9.17, 15) is 13.2 Å². The number of hydrogen-bond donors (Lipinski definition) is 1. The zero-order valence-electron chi connectivity index (χ0n) is 18.8. The highest BCUT2D eigenvalue weighted by atomic mass is 32.2. The van der Waals surface area contributed by atoms with Crippen molar-refractivity contribution in [3.8, 4) is 11.4 Å². The van der Waals surface area contributed by atoms with Gasteiger partial charge in [-0.2, -0.15) is 9.40 Å². The molecular weight excluding hydrogens is 440 g/mol. The van der Waals surface area contributed by atoms with Crippen LogP contribution in [0.4, 0.5) is 0 Å². The van der Waals surface area contributed by atoms with Crippen LogP contribution in [0.5, 0.6) is 5.75 Å². The van der Waals surface area contributed by atoms with Crippen molar-refractivity contribution in [3.63, 3.8) is 0 Å². The SMILES string of the molecule is COc1ccc(C(=O)NCc2ccccc2-n2cccn2)cc1S(=O)(=O)N1CCCCC1C. The molecule has 0 saturated carbocycles. The van der Waals surface area contributed by atoms with Crippen molar-refractivity contribution in [1.82, 2.24) is 19.4 Å². The van der Waals surface area contributed by atoms with Crippen molar-refractivity contribution in [2.75, 3.05) is 13.7 Å². The Morgan fingerprint density at radius 3 is 2.73 bits per heavy atom. The summed E-state index contributed by atoms with van der Waals surface area (Å²) in [5.74, 6) is -0.135. The van der Waals surface area contributed by atoms with Crippen LogP contribution in [0, 0.1) is 0 Å². The van der Waals surface area contributed by atoms with Crippen LogP contribution < -0.4 is 10.1 Å². The van der Waals surface area contributed by atoms with Crippen molar-refractivity contribution in [2.24, 2.45) is 0 Å². The Morgan fingerprint density at radius 1 is 1.18 bits per heavy atom. The smallest absolute Gasteiger partial charge is 0.251 e. The van der Waals surface area contributed by atoms with Gasteiger partial charge in [0.15, 0.2) is 0 Å². The summed E-state index contributed by atoms with van der Waals surface area (Å²) in [7, 11) is -2.37. The number of sulfonamides is 1. The molecule has 1 N–H and O–H groups in total. The topological polar surface area (TPSA) is 93.5 Å². The van der Waals surface area contributed by atoms with E-state index in [0.29, 0.717) is 6.54 Å². The van der Waals surface area contributed by atoms with Crippen LogP contribution in [0.25, 0.3) is 5.69 Å². The molecule has 0 radical (unpaired) electrons. The summed E-state index contributed by atoms with van der Waals surface area (Å²) < 4.78 is 35.4. The normalized spacial score (nSPS) is 17.0. The number of carbonyl (C=O) groups excluding carboxylic acids is 1. The standard InChI is InChI=1S/C24H28N4O4S/c1-18-8-5-6-15-28(18)33(30,31)23-16-19(11-12-22(23)32-2)24(29)25-17-20-9-3-4-10-21(20)27-14-7-13-26-27/h3-4,7,9-14,16,18H,5-6,8,15,17H2,1-2H3,(H,25,29). The van der Waals surface area contributed by atoms with Gasteiger partial charge in [-0.15, -0.1) is 0 Å². The summed E-state index contributed by atoms with van der Waals surface area (Å²) in [6.45, 7) is 2.65. The minimum Gasteiger partial charge on any atom is -0.495 e. The first-order valence-electron chi connectivity index (χ1n) is 11.0. The molecule has 33 heavy (non-hydrogen) atoms. The van der Waals surface area contributed by atoms with Crippen LogP contribution in [0.1, 0.15) is 42.1 Å². The number of carbonyl (C=O) groups is 1. The second-order valence-corrected chi connectivity index (χ2v) is 9.95. The number of methoxy groups -OCH3 is 1. The molecule has 174 valence electrons. The maximum atomic E-state index is 13.4. The predicted molar refractivity (Wildman–Crippen MR) is 125 cm³/mol. The Bertz CT molecular complexity index is 1230. The fourth-order valence-electron chi connectivity index (χ4n) is 4.15. The van der Waals surface area contributed by atoms with Crippen molar-refractivity contribution < 1.29 is 17.9 Å². The number of ether oxygens (including phenoxy) is 1. The van der Waals surface area contributed by atoms with Gasteiger partial charge in [0.25, 0.3) is 5.91 Å². The van der Waals surface area contributed by atoms with Crippen LogP contribution in [-0.2, 0) is 16.6 Å². The van der Waals surface area contributed by atoms with E-state index in [1.807, 2.05) is 43.5 Å². The quantitative estimate of drug-likeness (QED) is 0.574. The number of piperidine rings is 1. The van der Waals surface area contributed by atoms with Gasteiger partial charge < -0.3 is 10.1 Å². The molecule has 1 aromatic heterocycles. The first-order chi connectivity index (χ1) is 15.9. The number of benzene rings is 2. The predicted octanol–water partition coefficient (Wildman–Crippen LogP) is 3.37. The van der Waals surface area contributed by atoms with Gasteiger partial charge in [-0.05, 0) is 55.7 Å². The highest BCUT2D eigenvalue weighted by Crippen LogP contribution is 2.31. The fraction of sp³-hybridized carbons (Fsp3) is 0.333. The average molecular weight is 469 g/mol. The van der Waals surface area contributed by atoms with Gasteiger partial charge >= 0.3 is 0 Å². The molecule has 0 spiro atoms. The minimum absolute atomic E-state index is 0.0170. The number of rotatable bonds is 7. The molecule has 1 aliphatic rings. The lowest BCUT2D eigenvalue weighted by Crippen LogP contribution is -2.42. The maximum Gasteiger partial charge on any atom is 0.251 e. The van der Waals surface area contributed by atoms with E-state index >= 15 is 0 Å². The number of amides is 1. The van der Waals surface area contributed by atoms with Crippen LogP contribution in [0.2, 0.25) is 0 Å². The zero-order chi connectivity index (χ0) is 23.4. The highest BCUT2D eigenvalue weighted by molar-refractivity contribution is 7.89. The summed E-state index contributed by atoms with van der Waals surface area (Å²) in [5.41, 5.74) is 2.01. The monoisotopic (exact) mass is 468 g/mol. The molecule has 3 aromatic rings. The Morgan fingerprint density at radius 2 is 2.00 bits per heavy atom. The van der Waals surface area contributed by atoms with Crippen molar-refractivity contribution in [3.05, 3.63) is 72.1 Å². The van der Waals surface area contributed by atoms with Crippen LogP contribution in [-0.4, -0.2) is 48.1 Å². The molecule has 1 atom stereocenters. The average Bonchev–Trinajstić information content (AvgIpc) is 3.37. The van der Waals surface area contributed by atoms with Gasteiger partial charge in [0.2, 0.25) is 10.0 Å². The second kappa shape index (κ2) is 9.76. The Hall–Kier alpha value is -3.17. The van der Waals surface area contributed by atoms with Crippen molar-refractivity contribution >= 4 is 15.9 Å². The highest BCUT2D eigenvalue weighted by Gasteiger charge is 2.33. The summed E-state index contributed by atoms with van der Waals surface area (Å²) >= 11 is 0. The minimum atomic E-state index is -3.80. The van der Waals surface area contributed by atoms with Crippen LogP contribution in [0.15, 0.2) is 65.8 Å². The molecule has 8 nitrogen and oxygen atoms in total. The zero-order valence-corrected chi connectivity index (χ0v) is 19.6. The van der Waals surface area contributed by atoms with Gasteiger partial charge in [0.05, 0.1) is 12.8 Å². The molecule has 1 aliphatic heterocycles. The molecular formula is C24H28N4O4S.